The van der Waals surface area contributed by atoms with Crippen molar-refractivity contribution in [2.24, 2.45) is 0 Å². The van der Waals surface area contributed by atoms with Crippen LogP contribution < -0.4 is 10.7 Å². The Kier molecular flexibility index (Phi) is 5.64. The molecular weight excluding hydrogens is 419 g/mol. The summed E-state index contributed by atoms with van der Waals surface area (Å²) in [6, 6.07) is 18.6. The number of aromatic nitrogens is 1. The van der Waals surface area contributed by atoms with Crippen LogP contribution in [0.15, 0.2) is 83.8 Å². The van der Waals surface area contributed by atoms with Gasteiger partial charge in [-0.15, -0.1) is 0 Å². The van der Waals surface area contributed by atoms with Gasteiger partial charge in [0.2, 0.25) is 11.3 Å². The van der Waals surface area contributed by atoms with Crippen LogP contribution in [0.5, 0.6) is 0 Å². The molecule has 0 radical (unpaired) electrons. The summed E-state index contributed by atoms with van der Waals surface area (Å²) in [5.41, 5.74) is 0.623. The highest BCUT2D eigenvalue weighted by molar-refractivity contribution is 6.31. The van der Waals surface area contributed by atoms with Crippen LogP contribution in [-0.2, 0) is 11.3 Å². The fourth-order valence-corrected chi connectivity index (χ4v) is 3.47. The Labute approximate surface area is 181 Å². The fraction of sp³-hybridized carbons (Fsp3) is 0.0417. The molecular formula is C24H16ClFN2O3. The van der Waals surface area contributed by atoms with Gasteiger partial charge in [-0.2, -0.15) is 0 Å². The minimum Gasteiger partial charge on any atom is -0.337 e. The van der Waals surface area contributed by atoms with Gasteiger partial charge in [0.1, 0.15) is 12.4 Å². The number of benzene rings is 3. The molecule has 1 N–H and O–H groups in total. The third kappa shape index (κ3) is 4.39. The predicted octanol–water partition coefficient (Wildman–Crippen LogP) is 4.66. The number of fused-ring (bicyclic) bond motifs is 1. The lowest BCUT2D eigenvalue weighted by Gasteiger charge is -2.14. The second-order valence-electron chi connectivity index (χ2n) is 6.91. The molecule has 0 aliphatic heterocycles. The van der Waals surface area contributed by atoms with Gasteiger partial charge in [-0.25, -0.2) is 4.39 Å². The van der Waals surface area contributed by atoms with Gasteiger partial charge in [-0.3, -0.25) is 14.4 Å². The molecule has 0 bridgehead atoms. The van der Waals surface area contributed by atoms with Gasteiger partial charge in [-0.1, -0.05) is 29.8 Å². The molecule has 4 rings (SSSR count). The van der Waals surface area contributed by atoms with E-state index in [1.165, 1.54) is 29.0 Å². The zero-order valence-corrected chi connectivity index (χ0v) is 16.9. The number of hydrogen-bond donors (Lipinski definition) is 1. The molecule has 1 amide bonds. The summed E-state index contributed by atoms with van der Waals surface area (Å²) in [6.07, 6.45) is 1.36. The summed E-state index contributed by atoms with van der Waals surface area (Å²) >= 11 is 6.07. The second kappa shape index (κ2) is 8.53. The van der Waals surface area contributed by atoms with Crippen molar-refractivity contribution in [3.05, 3.63) is 111 Å². The average molecular weight is 435 g/mol. The Balaban J connectivity index is 1.78. The standard InChI is InChI=1S/C24H16ClFN2O3/c25-16-8-11-21-19(12-16)24(31)20(23(30)15-6-9-17(26)10-7-15)13-28(21)14-22(29)27-18-4-2-1-3-5-18/h1-13H,14H2,(H,27,29). The molecule has 31 heavy (non-hydrogen) atoms. The Morgan fingerprint density at radius 1 is 0.968 bits per heavy atom. The van der Waals surface area contributed by atoms with Crippen LogP contribution in [0.25, 0.3) is 10.9 Å². The molecule has 0 saturated heterocycles. The number of pyridine rings is 1. The van der Waals surface area contributed by atoms with Crippen molar-refractivity contribution >= 4 is 39.9 Å². The van der Waals surface area contributed by atoms with E-state index in [2.05, 4.69) is 5.32 Å². The number of ketones is 1. The normalized spacial score (nSPS) is 10.8. The van der Waals surface area contributed by atoms with Crippen LogP contribution in [-0.4, -0.2) is 16.3 Å². The molecule has 0 aliphatic rings. The van der Waals surface area contributed by atoms with Crippen LogP contribution in [0.3, 0.4) is 0 Å². The minimum absolute atomic E-state index is 0.128. The van der Waals surface area contributed by atoms with Gasteiger partial charge in [0.15, 0.2) is 5.78 Å². The highest BCUT2D eigenvalue weighted by Gasteiger charge is 2.18. The first-order chi connectivity index (χ1) is 14.9. The number of para-hydroxylation sites is 1. The maximum Gasteiger partial charge on any atom is 0.244 e. The third-order valence-electron chi connectivity index (χ3n) is 4.76. The maximum atomic E-state index is 13.2. The van der Waals surface area contributed by atoms with Gasteiger partial charge in [0, 0.05) is 27.9 Å². The van der Waals surface area contributed by atoms with E-state index >= 15 is 0 Å². The van der Waals surface area contributed by atoms with Gasteiger partial charge in [0.05, 0.1) is 11.1 Å². The summed E-state index contributed by atoms with van der Waals surface area (Å²) in [4.78, 5) is 38.6. The van der Waals surface area contributed by atoms with Crippen molar-refractivity contribution in [1.82, 2.24) is 4.57 Å². The molecule has 5 nitrogen and oxygen atoms in total. The van der Waals surface area contributed by atoms with E-state index in [0.29, 0.717) is 16.2 Å². The van der Waals surface area contributed by atoms with Crippen molar-refractivity contribution in [3.8, 4) is 0 Å². The third-order valence-corrected chi connectivity index (χ3v) is 5.00. The summed E-state index contributed by atoms with van der Waals surface area (Å²) in [5.74, 6) is -1.38. The Morgan fingerprint density at radius 3 is 2.39 bits per heavy atom. The molecule has 0 spiro atoms. The maximum absolute atomic E-state index is 13.2. The zero-order valence-electron chi connectivity index (χ0n) is 16.1. The van der Waals surface area contributed by atoms with Gasteiger partial charge in [-0.05, 0) is 54.6 Å². The Morgan fingerprint density at radius 2 is 1.68 bits per heavy atom. The van der Waals surface area contributed by atoms with Crippen LogP contribution in [0.4, 0.5) is 10.1 Å². The Hall–Kier alpha value is -3.77. The zero-order chi connectivity index (χ0) is 22.0. The van der Waals surface area contributed by atoms with Crippen LogP contribution in [0.1, 0.15) is 15.9 Å². The number of anilines is 1. The SMILES string of the molecule is O=C(Cn1cc(C(=O)c2ccc(F)cc2)c(=O)c2cc(Cl)ccc21)Nc1ccccc1. The lowest BCUT2D eigenvalue weighted by Crippen LogP contribution is -2.24. The van der Waals surface area contributed by atoms with E-state index in [1.807, 2.05) is 6.07 Å². The number of amides is 1. The smallest absolute Gasteiger partial charge is 0.244 e. The van der Waals surface area contributed by atoms with Crippen molar-refractivity contribution in [1.29, 1.82) is 0 Å². The van der Waals surface area contributed by atoms with Crippen molar-refractivity contribution in [2.45, 2.75) is 6.54 Å². The van der Waals surface area contributed by atoms with E-state index < -0.39 is 17.0 Å². The van der Waals surface area contributed by atoms with Crippen molar-refractivity contribution in [2.75, 3.05) is 5.32 Å². The summed E-state index contributed by atoms with van der Waals surface area (Å²) in [5, 5.41) is 3.32. The fourth-order valence-electron chi connectivity index (χ4n) is 3.30. The lowest BCUT2D eigenvalue weighted by atomic mass is 10.0. The molecule has 0 unspecified atom stereocenters. The van der Waals surface area contributed by atoms with Gasteiger partial charge in [0.25, 0.3) is 0 Å². The van der Waals surface area contributed by atoms with Gasteiger partial charge < -0.3 is 9.88 Å². The molecule has 4 aromatic rings. The van der Waals surface area contributed by atoms with E-state index in [1.54, 1.807) is 36.4 Å². The molecule has 1 heterocycles. The first-order valence-corrected chi connectivity index (χ1v) is 9.78. The Bertz CT molecular complexity index is 1350. The van der Waals surface area contributed by atoms with E-state index in [9.17, 15) is 18.8 Å². The van der Waals surface area contributed by atoms with E-state index in [4.69, 9.17) is 11.6 Å². The quantitative estimate of drug-likeness (QED) is 0.464. The monoisotopic (exact) mass is 434 g/mol. The number of nitrogens with zero attached hydrogens (tertiary/aromatic N) is 1. The van der Waals surface area contributed by atoms with Crippen molar-refractivity contribution < 1.29 is 14.0 Å². The topological polar surface area (TPSA) is 68.2 Å². The molecule has 0 saturated carbocycles. The lowest BCUT2D eigenvalue weighted by molar-refractivity contribution is -0.116. The number of hydrogen-bond acceptors (Lipinski definition) is 3. The average Bonchev–Trinajstić information content (AvgIpc) is 2.76. The number of carbonyl (C=O) groups excluding carboxylic acids is 2. The number of nitrogens with one attached hydrogen (secondary N) is 1. The highest BCUT2D eigenvalue weighted by Crippen LogP contribution is 2.19. The largest absolute Gasteiger partial charge is 0.337 e. The molecule has 7 heteroatoms. The number of rotatable bonds is 5. The predicted molar refractivity (Wildman–Crippen MR) is 118 cm³/mol. The molecule has 0 aliphatic carbocycles. The van der Waals surface area contributed by atoms with Crippen LogP contribution in [0, 0.1) is 5.82 Å². The molecule has 0 atom stereocenters. The van der Waals surface area contributed by atoms with Gasteiger partial charge >= 0.3 is 0 Å². The molecule has 1 aromatic heterocycles. The van der Waals surface area contributed by atoms with E-state index in [0.717, 1.165) is 12.1 Å². The van der Waals surface area contributed by atoms with E-state index in [-0.39, 0.29) is 29.0 Å². The first kappa shape index (κ1) is 20.5. The summed E-state index contributed by atoms with van der Waals surface area (Å²) in [6.45, 7) is -0.128. The van der Waals surface area contributed by atoms with Crippen LogP contribution in [0.2, 0.25) is 5.02 Å². The molecule has 154 valence electrons. The second-order valence-corrected chi connectivity index (χ2v) is 7.35. The first-order valence-electron chi connectivity index (χ1n) is 9.40. The molecule has 0 fully saturated rings. The summed E-state index contributed by atoms with van der Waals surface area (Å²) < 4.78 is 14.8. The highest BCUT2D eigenvalue weighted by atomic mass is 35.5. The van der Waals surface area contributed by atoms with Crippen LogP contribution >= 0.6 is 11.6 Å². The van der Waals surface area contributed by atoms with Crippen molar-refractivity contribution in [3.63, 3.8) is 0 Å². The molecule has 3 aromatic carbocycles. The summed E-state index contributed by atoms with van der Waals surface area (Å²) in [7, 11) is 0. The minimum atomic E-state index is -0.566. The number of halogens is 2. The number of carbonyl (C=O) groups is 2.